The number of nitrogens with zero attached hydrogens (tertiary/aromatic N) is 5. The molecule has 4 heterocycles. The molecule has 0 aliphatic rings. The van der Waals surface area contributed by atoms with Crippen molar-refractivity contribution in [3.63, 3.8) is 0 Å². The Kier molecular flexibility index (Phi) is 3.47. The van der Waals surface area contributed by atoms with Crippen LogP contribution in [0.2, 0.25) is 0 Å². The van der Waals surface area contributed by atoms with E-state index >= 15 is 0 Å². The van der Waals surface area contributed by atoms with Crippen molar-refractivity contribution in [1.82, 2.24) is 28.9 Å². The molecule has 0 saturated heterocycles. The first-order valence-electron chi connectivity index (χ1n) is 7.23. The minimum atomic E-state index is -4.71. The molecule has 134 valence electrons. The molecular formula is C14H9F3N6O2S. The van der Waals surface area contributed by atoms with E-state index in [4.69, 9.17) is 0 Å². The lowest BCUT2D eigenvalue weighted by molar-refractivity contribution is -0.144. The van der Waals surface area contributed by atoms with E-state index in [-0.39, 0.29) is 23.3 Å². The average molecular weight is 382 g/mol. The van der Waals surface area contributed by atoms with E-state index in [1.807, 2.05) is 11.9 Å². The van der Waals surface area contributed by atoms with Crippen molar-refractivity contribution in [1.29, 1.82) is 0 Å². The van der Waals surface area contributed by atoms with E-state index < -0.39 is 17.6 Å². The normalized spacial score (nSPS) is 12.3. The monoisotopic (exact) mass is 382 g/mol. The van der Waals surface area contributed by atoms with Crippen LogP contribution in [0.1, 0.15) is 16.4 Å². The molecule has 4 aromatic rings. The third kappa shape index (κ3) is 2.67. The van der Waals surface area contributed by atoms with Gasteiger partial charge in [-0.25, -0.2) is 15.0 Å². The minimum Gasteiger partial charge on any atom is -0.328 e. The number of alkyl halides is 3. The second kappa shape index (κ2) is 5.49. The summed E-state index contributed by atoms with van der Waals surface area (Å²) in [5.41, 5.74) is -1.42. The Balaban J connectivity index is 1.79. The molecule has 8 nitrogen and oxygen atoms in total. The summed E-state index contributed by atoms with van der Waals surface area (Å²) in [6.07, 6.45) is -1.98. The Morgan fingerprint density at radius 1 is 1.27 bits per heavy atom. The van der Waals surface area contributed by atoms with Gasteiger partial charge in [0.25, 0.3) is 11.1 Å². The molecule has 0 radical (unpaired) electrons. The lowest BCUT2D eigenvalue weighted by Crippen LogP contribution is -2.23. The summed E-state index contributed by atoms with van der Waals surface area (Å²) in [5.74, 6) is -1.29. The van der Waals surface area contributed by atoms with E-state index in [0.717, 1.165) is 15.8 Å². The summed E-state index contributed by atoms with van der Waals surface area (Å²) >= 11 is 1.31. The first-order valence-corrected chi connectivity index (χ1v) is 8.05. The molecule has 0 aromatic carbocycles. The van der Waals surface area contributed by atoms with Crippen molar-refractivity contribution < 1.29 is 13.2 Å². The van der Waals surface area contributed by atoms with Gasteiger partial charge in [0.1, 0.15) is 6.33 Å². The molecule has 0 spiro atoms. The van der Waals surface area contributed by atoms with Crippen molar-refractivity contribution in [3.8, 4) is 0 Å². The van der Waals surface area contributed by atoms with Crippen LogP contribution in [0.25, 0.3) is 16.1 Å². The maximum absolute atomic E-state index is 12.7. The number of rotatable bonds is 2. The number of aromatic nitrogens is 6. The zero-order chi connectivity index (χ0) is 18.6. The Morgan fingerprint density at radius 2 is 2.04 bits per heavy atom. The first-order chi connectivity index (χ1) is 12.2. The molecule has 26 heavy (non-hydrogen) atoms. The van der Waals surface area contributed by atoms with E-state index in [1.165, 1.54) is 21.8 Å². The average Bonchev–Trinajstić information content (AvgIpc) is 3.13. The lowest BCUT2D eigenvalue weighted by Gasteiger charge is -2.04. The topological polar surface area (TPSA) is 97.9 Å². The summed E-state index contributed by atoms with van der Waals surface area (Å²) in [4.78, 5) is 39.2. The van der Waals surface area contributed by atoms with E-state index in [0.29, 0.717) is 10.7 Å². The third-order valence-corrected chi connectivity index (χ3v) is 4.51. The maximum atomic E-state index is 12.7. The minimum absolute atomic E-state index is 0.106. The fraction of sp³-hybridized carbons (Fsp3) is 0.214. The molecule has 0 bridgehead atoms. The third-order valence-electron chi connectivity index (χ3n) is 3.62. The molecule has 0 fully saturated rings. The number of halogens is 3. The smallest absolute Gasteiger partial charge is 0.328 e. The highest BCUT2D eigenvalue weighted by Crippen LogP contribution is 2.27. The Labute approximate surface area is 145 Å². The largest absolute Gasteiger partial charge is 0.449 e. The van der Waals surface area contributed by atoms with E-state index in [1.54, 1.807) is 6.20 Å². The Morgan fingerprint density at radius 3 is 2.77 bits per heavy atom. The van der Waals surface area contributed by atoms with Gasteiger partial charge in [0.15, 0.2) is 16.1 Å². The van der Waals surface area contributed by atoms with Crippen LogP contribution in [0.4, 0.5) is 13.2 Å². The number of aryl methyl sites for hydroxylation is 1. The number of fused-ring (bicyclic) bond motifs is 2. The van der Waals surface area contributed by atoms with Crippen LogP contribution < -0.4 is 11.1 Å². The highest BCUT2D eigenvalue weighted by atomic mass is 32.1. The van der Waals surface area contributed by atoms with Gasteiger partial charge in [0, 0.05) is 17.1 Å². The summed E-state index contributed by atoms with van der Waals surface area (Å²) in [7, 11) is 0. The number of imidazole rings is 1. The van der Waals surface area contributed by atoms with Gasteiger partial charge < -0.3 is 4.98 Å². The first kappa shape index (κ1) is 16.4. The number of aromatic amines is 1. The zero-order valence-corrected chi connectivity index (χ0v) is 13.9. The molecule has 0 aliphatic heterocycles. The van der Waals surface area contributed by atoms with Gasteiger partial charge in [0.05, 0.1) is 12.2 Å². The van der Waals surface area contributed by atoms with Gasteiger partial charge in [-0.1, -0.05) is 0 Å². The highest BCUT2D eigenvalue weighted by Gasteiger charge is 2.35. The van der Waals surface area contributed by atoms with Crippen LogP contribution in [0.5, 0.6) is 0 Å². The zero-order valence-electron chi connectivity index (χ0n) is 13.0. The molecule has 0 unspecified atom stereocenters. The second-order valence-electron chi connectivity index (χ2n) is 5.54. The Bertz CT molecular complexity index is 1270. The van der Waals surface area contributed by atoms with Gasteiger partial charge in [-0.3, -0.25) is 18.6 Å². The molecule has 4 aromatic heterocycles. The van der Waals surface area contributed by atoms with Crippen LogP contribution in [0.3, 0.4) is 0 Å². The molecule has 4 rings (SSSR count). The fourth-order valence-corrected chi connectivity index (χ4v) is 3.34. The number of H-pyrrole nitrogens is 1. The van der Waals surface area contributed by atoms with Crippen molar-refractivity contribution in [2.24, 2.45) is 0 Å². The van der Waals surface area contributed by atoms with Crippen LogP contribution in [-0.2, 0) is 12.7 Å². The summed E-state index contributed by atoms with van der Waals surface area (Å²) in [5, 5.41) is 0. The number of hydrogen-bond donors (Lipinski definition) is 1. The molecule has 0 saturated carbocycles. The SMILES string of the molecule is Cc1cn2c(=O)cc(Cn3cnc4nc(C(F)(F)F)[nH]c4c3=O)nc2s1. The van der Waals surface area contributed by atoms with Gasteiger partial charge in [-0.15, -0.1) is 11.3 Å². The van der Waals surface area contributed by atoms with Gasteiger partial charge >= 0.3 is 6.18 Å². The number of nitrogens with one attached hydrogen (secondary N) is 1. The van der Waals surface area contributed by atoms with Crippen LogP contribution in [-0.4, -0.2) is 28.9 Å². The lowest BCUT2D eigenvalue weighted by atomic mass is 10.4. The molecular weight excluding hydrogens is 373 g/mol. The van der Waals surface area contributed by atoms with Crippen molar-refractivity contribution >= 4 is 27.5 Å². The molecule has 0 amide bonds. The quantitative estimate of drug-likeness (QED) is 0.567. The van der Waals surface area contributed by atoms with Gasteiger partial charge in [-0.2, -0.15) is 13.2 Å². The number of thiazole rings is 1. The van der Waals surface area contributed by atoms with Crippen LogP contribution in [0, 0.1) is 6.92 Å². The van der Waals surface area contributed by atoms with Gasteiger partial charge in [0.2, 0.25) is 5.82 Å². The Hall–Kier alpha value is -3.02. The predicted molar refractivity (Wildman–Crippen MR) is 86.3 cm³/mol. The van der Waals surface area contributed by atoms with E-state index in [2.05, 4.69) is 15.0 Å². The van der Waals surface area contributed by atoms with Gasteiger partial charge in [-0.05, 0) is 6.92 Å². The van der Waals surface area contributed by atoms with E-state index in [9.17, 15) is 22.8 Å². The van der Waals surface area contributed by atoms with Crippen molar-refractivity contribution in [2.75, 3.05) is 0 Å². The second-order valence-corrected chi connectivity index (χ2v) is 6.75. The van der Waals surface area contributed by atoms with Crippen molar-refractivity contribution in [2.45, 2.75) is 19.6 Å². The van der Waals surface area contributed by atoms with Crippen LogP contribution in [0.15, 0.2) is 28.2 Å². The fourth-order valence-electron chi connectivity index (χ4n) is 2.49. The molecule has 12 heteroatoms. The number of hydrogen-bond acceptors (Lipinski definition) is 6. The highest BCUT2D eigenvalue weighted by molar-refractivity contribution is 7.16. The van der Waals surface area contributed by atoms with Crippen molar-refractivity contribution in [3.05, 3.63) is 55.7 Å². The summed E-state index contributed by atoms with van der Waals surface area (Å²) in [6.45, 7) is 1.72. The molecule has 0 atom stereocenters. The predicted octanol–water partition coefficient (Wildman–Crippen LogP) is 1.56. The standard InChI is InChI=1S/C14H9F3N6O2S/c1-6-3-23-8(24)2-7(19-13(23)26-6)4-22-5-18-10-9(11(22)25)20-12(21-10)14(15,16)17/h2-3,5H,4H2,1H3,(H,20,21). The summed E-state index contributed by atoms with van der Waals surface area (Å²) < 4.78 is 40.6. The van der Waals surface area contributed by atoms with Crippen LogP contribution >= 0.6 is 11.3 Å². The molecule has 1 N–H and O–H groups in total. The summed E-state index contributed by atoms with van der Waals surface area (Å²) in [6, 6.07) is 1.27. The maximum Gasteiger partial charge on any atom is 0.449 e. The molecule has 0 aliphatic carbocycles.